The first-order valence-corrected chi connectivity index (χ1v) is 6.46. The van der Waals surface area contributed by atoms with Gasteiger partial charge in [-0.2, -0.15) is 0 Å². The zero-order valence-corrected chi connectivity index (χ0v) is 11.4. The van der Waals surface area contributed by atoms with E-state index in [1.165, 1.54) is 0 Å². The van der Waals surface area contributed by atoms with Gasteiger partial charge in [0.2, 0.25) is 0 Å². The second-order valence-corrected chi connectivity index (χ2v) is 4.23. The maximum atomic E-state index is 11.0. The topological polar surface area (TPSA) is 78.6 Å². The van der Waals surface area contributed by atoms with Gasteiger partial charge in [0.15, 0.2) is 0 Å². The molecule has 1 aromatic carbocycles. The number of aliphatic hydroxyl groups excluding tert-OH is 1. The zero-order valence-electron chi connectivity index (χ0n) is 11.4. The average molecular weight is 267 g/mol. The van der Waals surface area contributed by atoms with E-state index in [0.717, 1.165) is 12.1 Å². The van der Waals surface area contributed by atoms with Crippen molar-refractivity contribution >= 4 is 11.4 Å². The van der Waals surface area contributed by atoms with E-state index in [0.29, 0.717) is 25.3 Å². The Hall–Kier alpha value is -1.66. The number of nitrogens with zero attached hydrogens (tertiary/aromatic N) is 2. The van der Waals surface area contributed by atoms with Gasteiger partial charge < -0.3 is 10.4 Å². The lowest BCUT2D eigenvalue weighted by Gasteiger charge is -2.19. The van der Waals surface area contributed by atoms with Crippen molar-refractivity contribution in [2.45, 2.75) is 20.4 Å². The van der Waals surface area contributed by atoms with Crippen molar-refractivity contribution in [1.29, 1.82) is 0 Å². The van der Waals surface area contributed by atoms with E-state index in [4.69, 9.17) is 5.11 Å². The van der Waals surface area contributed by atoms with Gasteiger partial charge in [-0.05, 0) is 25.1 Å². The first kappa shape index (κ1) is 15.4. The third-order valence-electron chi connectivity index (χ3n) is 2.90. The van der Waals surface area contributed by atoms with Crippen molar-refractivity contribution in [1.82, 2.24) is 4.90 Å². The predicted molar refractivity (Wildman–Crippen MR) is 75.3 cm³/mol. The van der Waals surface area contributed by atoms with Gasteiger partial charge in [0.25, 0.3) is 5.69 Å². The third kappa shape index (κ3) is 4.50. The Bertz CT molecular complexity index is 424. The normalized spacial score (nSPS) is 10.7. The Morgan fingerprint density at radius 1 is 1.42 bits per heavy atom. The molecule has 6 heteroatoms. The summed E-state index contributed by atoms with van der Waals surface area (Å²) in [6.07, 6.45) is 0. The number of likely N-dealkylation sites (N-methyl/N-ethyl adjacent to an activating group) is 1. The molecule has 1 rings (SSSR count). The number of rotatable bonds is 8. The van der Waals surface area contributed by atoms with E-state index in [1.54, 1.807) is 12.1 Å². The lowest BCUT2D eigenvalue weighted by molar-refractivity contribution is -0.384. The van der Waals surface area contributed by atoms with Crippen molar-refractivity contribution in [2.24, 2.45) is 0 Å². The number of hydrogen-bond donors (Lipinski definition) is 2. The van der Waals surface area contributed by atoms with Crippen molar-refractivity contribution in [3.63, 3.8) is 0 Å². The second-order valence-electron chi connectivity index (χ2n) is 4.23. The SMILES string of the molecule is CCNc1ccc(CN(CC)CCO)cc1[N+](=O)[O-]. The fourth-order valence-electron chi connectivity index (χ4n) is 1.92. The van der Waals surface area contributed by atoms with Crippen LogP contribution < -0.4 is 5.32 Å². The summed E-state index contributed by atoms with van der Waals surface area (Å²) in [5.41, 5.74) is 1.52. The van der Waals surface area contributed by atoms with Crippen LogP contribution in [0.5, 0.6) is 0 Å². The number of benzene rings is 1. The Morgan fingerprint density at radius 2 is 2.16 bits per heavy atom. The highest BCUT2D eigenvalue weighted by atomic mass is 16.6. The minimum Gasteiger partial charge on any atom is -0.395 e. The molecule has 0 atom stereocenters. The quantitative estimate of drug-likeness (QED) is 0.555. The summed E-state index contributed by atoms with van der Waals surface area (Å²) in [4.78, 5) is 12.7. The summed E-state index contributed by atoms with van der Waals surface area (Å²) in [7, 11) is 0. The fourth-order valence-corrected chi connectivity index (χ4v) is 1.92. The minimum atomic E-state index is -0.371. The Balaban J connectivity index is 2.91. The van der Waals surface area contributed by atoms with Crippen LogP contribution in [0.1, 0.15) is 19.4 Å². The van der Waals surface area contributed by atoms with E-state index >= 15 is 0 Å². The van der Waals surface area contributed by atoms with Crippen LogP contribution in [0.3, 0.4) is 0 Å². The van der Waals surface area contributed by atoms with Gasteiger partial charge >= 0.3 is 0 Å². The molecule has 0 saturated carbocycles. The maximum absolute atomic E-state index is 11.0. The third-order valence-corrected chi connectivity index (χ3v) is 2.90. The molecule has 0 heterocycles. The molecule has 0 bridgehead atoms. The highest BCUT2D eigenvalue weighted by Crippen LogP contribution is 2.25. The van der Waals surface area contributed by atoms with Crippen LogP contribution >= 0.6 is 0 Å². The largest absolute Gasteiger partial charge is 0.395 e. The Labute approximate surface area is 113 Å². The van der Waals surface area contributed by atoms with Gasteiger partial charge in [0, 0.05) is 25.7 Å². The highest BCUT2D eigenvalue weighted by molar-refractivity contribution is 5.62. The molecule has 0 aliphatic heterocycles. The van der Waals surface area contributed by atoms with Gasteiger partial charge in [0.05, 0.1) is 11.5 Å². The molecule has 6 nitrogen and oxygen atoms in total. The number of nitro benzene ring substituents is 1. The molecular formula is C13H21N3O3. The van der Waals surface area contributed by atoms with Crippen LogP contribution in [0.15, 0.2) is 18.2 Å². The van der Waals surface area contributed by atoms with Crippen LogP contribution in [0.4, 0.5) is 11.4 Å². The molecule has 0 fully saturated rings. The number of anilines is 1. The summed E-state index contributed by atoms with van der Waals surface area (Å²) >= 11 is 0. The standard InChI is InChI=1S/C13H21N3O3/c1-3-14-12-6-5-11(9-13(12)16(18)19)10-15(4-2)7-8-17/h5-6,9,14,17H,3-4,7-8,10H2,1-2H3. The number of nitrogens with one attached hydrogen (secondary N) is 1. The highest BCUT2D eigenvalue weighted by Gasteiger charge is 2.14. The molecule has 0 unspecified atom stereocenters. The molecule has 106 valence electrons. The van der Waals surface area contributed by atoms with Crippen molar-refractivity contribution in [3.05, 3.63) is 33.9 Å². The van der Waals surface area contributed by atoms with Crippen LogP contribution in [0.2, 0.25) is 0 Å². The average Bonchev–Trinajstić information content (AvgIpc) is 2.40. The molecular weight excluding hydrogens is 246 g/mol. The van der Waals surface area contributed by atoms with Gasteiger partial charge in [-0.25, -0.2) is 0 Å². The van der Waals surface area contributed by atoms with Crippen molar-refractivity contribution < 1.29 is 10.0 Å². The van der Waals surface area contributed by atoms with E-state index in [2.05, 4.69) is 5.32 Å². The summed E-state index contributed by atoms with van der Waals surface area (Å²) in [5, 5.41) is 23.0. The van der Waals surface area contributed by atoms with Crippen LogP contribution in [-0.4, -0.2) is 41.2 Å². The Morgan fingerprint density at radius 3 is 2.68 bits per heavy atom. The fraction of sp³-hybridized carbons (Fsp3) is 0.538. The predicted octanol–water partition coefficient (Wildman–Crippen LogP) is 1.84. The molecule has 0 aromatic heterocycles. The van der Waals surface area contributed by atoms with Gasteiger partial charge in [-0.1, -0.05) is 13.0 Å². The monoisotopic (exact) mass is 267 g/mol. The van der Waals surface area contributed by atoms with Crippen LogP contribution in [-0.2, 0) is 6.54 Å². The lowest BCUT2D eigenvalue weighted by atomic mass is 10.1. The minimum absolute atomic E-state index is 0.0887. The van der Waals surface area contributed by atoms with Crippen molar-refractivity contribution in [3.8, 4) is 0 Å². The first-order valence-electron chi connectivity index (χ1n) is 6.46. The smallest absolute Gasteiger partial charge is 0.292 e. The number of nitro groups is 1. The molecule has 0 amide bonds. The molecule has 0 radical (unpaired) electrons. The van der Waals surface area contributed by atoms with E-state index in [1.807, 2.05) is 24.8 Å². The zero-order chi connectivity index (χ0) is 14.3. The lowest BCUT2D eigenvalue weighted by Crippen LogP contribution is -2.26. The van der Waals surface area contributed by atoms with E-state index in [9.17, 15) is 10.1 Å². The molecule has 1 aromatic rings. The summed E-state index contributed by atoms with van der Waals surface area (Å²) in [6.45, 7) is 6.60. The molecule has 0 saturated heterocycles. The molecule has 19 heavy (non-hydrogen) atoms. The summed E-state index contributed by atoms with van der Waals surface area (Å²) in [5.74, 6) is 0. The van der Waals surface area contributed by atoms with Gasteiger partial charge in [-0.3, -0.25) is 15.0 Å². The molecule has 0 aliphatic carbocycles. The number of hydrogen-bond acceptors (Lipinski definition) is 5. The van der Waals surface area contributed by atoms with Gasteiger partial charge in [0.1, 0.15) is 5.69 Å². The van der Waals surface area contributed by atoms with E-state index < -0.39 is 0 Å². The molecule has 0 aliphatic rings. The summed E-state index contributed by atoms with van der Waals surface area (Å²) < 4.78 is 0. The van der Waals surface area contributed by atoms with Crippen molar-refractivity contribution in [2.75, 3.05) is 31.6 Å². The van der Waals surface area contributed by atoms with Crippen LogP contribution in [0.25, 0.3) is 0 Å². The molecule has 2 N–H and O–H groups in total. The van der Waals surface area contributed by atoms with Gasteiger partial charge in [-0.15, -0.1) is 0 Å². The first-order chi connectivity index (χ1) is 9.12. The summed E-state index contributed by atoms with van der Waals surface area (Å²) in [6, 6.07) is 5.22. The molecule has 0 spiro atoms. The Kier molecular flexibility index (Phi) is 6.24. The van der Waals surface area contributed by atoms with Crippen LogP contribution in [0, 0.1) is 10.1 Å². The maximum Gasteiger partial charge on any atom is 0.292 e. The second kappa shape index (κ2) is 7.70. The number of aliphatic hydroxyl groups is 1. The van der Waals surface area contributed by atoms with E-state index in [-0.39, 0.29) is 17.2 Å².